The number of nitrogens with zero attached hydrogens (tertiary/aromatic N) is 2. The normalized spacial score (nSPS) is 12.4. The molecule has 0 radical (unpaired) electrons. The van der Waals surface area contributed by atoms with Gasteiger partial charge in [-0.2, -0.15) is 0 Å². The fourth-order valence-corrected chi connectivity index (χ4v) is 3.24. The number of rotatable bonds is 5. The Hall–Kier alpha value is -0.910. The van der Waals surface area contributed by atoms with Gasteiger partial charge in [-0.1, -0.05) is 13.0 Å². The predicted octanol–water partition coefficient (Wildman–Crippen LogP) is 3.98. The molecular formula is C15H18BrN3S. The largest absolute Gasteiger partial charge is 0.327 e. The molecule has 2 N–H and O–H groups in total. The summed E-state index contributed by atoms with van der Waals surface area (Å²) in [6.07, 6.45) is 3.68. The Morgan fingerprint density at radius 3 is 2.80 bits per heavy atom. The summed E-state index contributed by atoms with van der Waals surface area (Å²) in [5.74, 6) is 0. The first kappa shape index (κ1) is 15.5. The molecule has 0 aliphatic heterocycles. The van der Waals surface area contributed by atoms with Gasteiger partial charge in [-0.25, -0.2) is 9.97 Å². The Balaban J connectivity index is 2.13. The van der Waals surface area contributed by atoms with Crippen LogP contribution in [0.15, 0.2) is 45.0 Å². The Kier molecular flexibility index (Phi) is 5.57. The molecule has 1 aromatic heterocycles. The van der Waals surface area contributed by atoms with Crippen molar-refractivity contribution in [2.24, 2.45) is 5.73 Å². The molecule has 2 rings (SSSR count). The van der Waals surface area contributed by atoms with Crippen molar-refractivity contribution in [2.45, 2.75) is 42.8 Å². The molecule has 1 unspecified atom stereocenters. The molecule has 0 fully saturated rings. The van der Waals surface area contributed by atoms with Gasteiger partial charge in [0.25, 0.3) is 0 Å². The quantitative estimate of drug-likeness (QED) is 0.827. The Bertz CT molecular complexity index is 589. The summed E-state index contributed by atoms with van der Waals surface area (Å²) >= 11 is 5.18. The highest BCUT2D eigenvalue weighted by atomic mass is 79.9. The molecule has 0 saturated carbocycles. The maximum absolute atomic E-state index is 5.99. The molecule has 106 valence electrons. The van der Waals surface area contributed by atoms with E-state index in [2.05, 4.69) is 51.0 Å². The summed E-state index contributed by atoms with van der Waals surface area (Å²) < 4.78 is 1.06. The number of hydrogen-bond donors (Lipinski definition) is 1. The van der Waals surface area contributed by atoms with E-state index in [9.17, 15) is 0 Å². The molecule has 0 aliphatic carbocycles. The maximum atomic E-state index is 5.99. The highest BCUT2D eigenvalue weighted by Gasteiger charge is 2.08. The van der Waals surface area contributed by atoms with Gasteiger partial charge in [-0.15, -0.1) is 0 Å². The molecule has 5 heteroatoms. The van der Waals surface area contributed by atoms with Crippen molar-refractivity contribution in [1.29, 1.82) is 0 Å². The lowest BCUT2D eigenvalue weighted by atomic mass is 10.1. The smallest absolute Gasteiger partial charge is 0.192 e. The van der Waals surface area contributed by atoms with Crippen LogP contribution in [0.2, 0.25) is 0 Å². The Morgan fingerprint density at radius 1 is 1.35 bits per heavy atom. The molecule has 2 aromatic rings. The zero-order valence-electron chi connectivity index (χ0n) is 11.6. The van der Waals surface area contributed by atoms with Crippen LogP contribution in [0.25, 0.3) is 0 Å². The van der Waals surface area contributed by atoms with Crippen molar-refractivity contribution in [3.05, 3.63) is 46.2 Å². The molecule has 0 amide bonds. The summed E-state index contributed by atoms with van der Waals surface area (Å²) in [6.45, 7) is 4.08. The molecule has 0 spiro atoms. The van der Waals surface area contributed by atoms with Gasteiger partial charge in [0.1, 0.15) is 0 Å². The number of hydrogen-bond acceptors (Lipinski definition) is 4. The minimum absolute atomic E-state index is 0.223. The molecule has 1 atom stereocenters. The van der Waals surface area contributed by atoms with E-state index in [0.29, 0.717) is 0 Å². The minimum Gasteiger partial charge on any atom is -0.327 e. The van der Waals surface area contributed by atoms with E-state index in [1.165, 1.54) is 5.56 Å². The van der Waals surface area contributed by atoms with Crippen LogP contribution >= 0.6 is 27.7 Å². The molecule has 3 nitrogen and oxygen atoms in total. The van der Waals surface area contributed by atoms with Crippen molar-refractivity contribution >= 4 is 27.7 Å². The van der Waals surface area contributed by atoms with Gasteiger partial charge in [-0.05, 0) is 71.2 Å². The van der Waals surface area contributed by atoms with Crippen LogP contribution in [-0.4, -0.2) is 16.0 Å². The van der Waals surface area contributed by atoms with Crippen molar-refractivity contribution in [3.8, 4) is 0 Å². The highest BCUT2D eigenvalue weighted by Crippen LogP contribution is 2.32. The zero-order chi connectivity index (χ0) is 14.5. The lowest BCUT2D eigenvalue weighted by Crippen LogP contribution is -2.21. The predicted molar refractivity (Wildman–Crippen MR) is 87.0 cm³/mol. The van der Waals surface area contributed by atoms with Crippen LogP contribution in [0.5, 0.6) is 0 Å². The monoisotopic (exact) mass is 351 g/mol. The first-order chi connectivity index (χ1) is 9.58. The number of benzene rings is 1. The molecule has 1 heterocycles. The van der Waals surface area contributed by atoms with E-state index in [1.807, 2.05) is 13.0 Å². The molecule has 0 bridgehead atoms. The van der Waals surface area contributed by atoms with E-state index in [0.717, 1.165) is 33.1 Å². The third kappa shape index (κ3) is 4.30. The van der Waals surface area contributed by atoms with Gasteiger partial charge >= 0.3 is 0 Å². The molecule has 20 heavy (non-hydrogen) atoms. The van der Waals surface area contributed by atoms with Crippen molar-refractivity contribution in [3.63, 3.8) is 0 Å². The fraction of sp³-hybridized carbons (Fsp3) is 0.333. The second-order valence-electron chi connectivity index (χ2n) is 4.72. The van der Waals surface area contributed by atoms with Gasteiger partial charge in [-0.3, -0.25) is 0 Å². The maximum Gasteiger partial charge on any atom is 0.192 e. The fourth-order valence-electron chi connectivity index (χ4n) is 1.77. The summed E-state index contributed by atoms with van der Waals surface area (Å²) in [5.41, 5.74) is 8.22. The van der Waals surface area contributed by atoms with Crippen LogP contribution in [0.1, 0.15) is 24.6 Å². The van der Waals surface area contributed by atoms with Crippen LogP contribution in [0, 0.1) is 6.92 Å². The van der Waals surface area contributed by atoms with Crippen LogP contribution in [0.4, 0.5) is 0 Å². The van der Waals surface area contributed by atoms with E-state index in [1.54, 1.807) is 18.0 Å². The second-order valence-corrected chi connectivity index (χ2v) is 6.58. The van der Waals surface area contributed by atoms with Crippen LogP contribution in [0.3, 0.4) is 0 Å². The number of aromatic nitrogens is 2. The van der Waals surface area contributed by atoms with Gasteiger partial charge < -0.3 is 5.73 Å². The number of halogens is 1. The average molecular weight is 352 g/mol. The average Bonchev–Trinajstić information content (AvgIpc) is 2.42. The standard InChI is InChI=1S/C15H18BrN3S/c1-3-12(17)8-11-4-5-14(13(16)9-11)20-15-18-7-6-10(2)19-15/h4-7,9,12H,3,8,17H2,1-2H3. The summed E-state index contributed by atoms with van der Waals surface area (Å²) in [4.78, 5) is 9.79. The third-order valence-electron chi connectivity index (χ3n) is 2.99. The zero-order valence-corrected chi connectivity index (χ0v) is 14.0. The lowest BCUT2D eigenvalue weighted by molar-refractivity contribution is 0.646. The van der Waals surface area contributed by atoms with E-state index < -0.39 is 0 Å². The van der Waals surface area contributed by atoms with Crippen molar-refractivity contribution in [2.75, 3.05) is 0 Å². The van der Waals surface area contributed by atoms with E-state index in [4.69, 9.17) is 5.73 Å². The SMILES string of the molecule is CCC(N)Cc1ccc(Sc2nccc(C)n2)c(Br)c1. The molecule has 0 aliphatic rings. The Morgan fingerprint density at radius 2 is 2.15 bits per heavy atom. The summed E-state index contributed by atoms with van der Waals surface area (Å²) in [5, 5.41) is 0.767. The van der Waals surface area contributed by atoms with Crippen LogP contribution < -0.4 is 5.73 Å². The number of aryl methyl sites for hydroxylation is 1. The molecular weight excluding hydrogens is 334 g/mol. The minimum atomic E-state index is 0.223. The van der Waals surface area contributed by atoms with Crippen molar-refractivity contribution < 1.29 is 0 Å². The van der Waals surface area contributed by atoms with Gasteiger partial charge in [0.05, 0.1) is 0 Å². The van der Waals surface area contributed by atoms with Gasteiger partial charge in [0, 0.05) is 27.3 Å². The second kappa shape index (κ2) is 7.20. The first-order valence-electron chi connectivity index (χ1n) is 6.60. The topological polar surface area (TPSA) is 51.8 Å². The van der Waals surface area contributed by atoms with Crippen molar-refractivity contribution in [1.82, 2.24) is 9.97 Å². The van der Waals surface area contributed by atoms with Gasteiger partial charge in [0.15, 0.2) is 5.16 Å². The lowest BCUT2D eigenvalue weighted by Gasteiger charge is -2.10. The highest BCUT2D eigenvalue weighted by molar-refractivity contribution is 9.10. The summed E-state index contributed by atoms with van der Waals surface area (Å²) in [6, 6.07) is 8.47. The molecule has 1 aromatic carbocycles. The first-order valence-corrected chi connectivity index (χ1v) is 8.21. The van der Waals surface area contributed by atoms with Gasteiger partial charge in [0.2, 0.25) is 0 Å². The summed E-state index contributed by atoms with van der Waals surface area (Å²) in [7, 11) is 0. The molecule has 0 saturated heterocycles. The van der Waals surface area contributed by atoms with Crippen LogP contribution in [-0.2, 0) is 6.42 Å². The van der Waals surface area contributed by atoms with E-state index in [-0.39, 0.29) is 6.04 Å². The number of nitrogens with two attached hydrogens (primary N) is 1. The van der Waals surface area contributed by atoms with E-state index >= 15 is 0 Å². The third-order valence-corrected chi connectivity index (χ3v) is 4.87. The Labute approximate surface area is 132 Å².